The third-order valence-corrected chi connectivity index (χ3v) is 2.89. The molecule has 1 aromatic rings. The van der Waals surface area contributed by atoms with Crippen LogP contribution in [-0.2, 0) is 0 Å². The lowest BCUT2D eigenvalue weighted by molar-refractivity contribution is 0.752. The predicted octanol–water partition coefficient (Wildman–Crippen LogP) is 3.66. The van der Waals surface area contributed by atoms with Crippen molar-refractivity contribution < 1.29 is 0 Å². The lowest BCUT2D eigenvalue weighted by Gasteiger charge is -2.11. The SMILES string of the molecule is CCCC(Cl)CNc1ccncc1Br. The minimum absolute atomic E-state index is 0.195. The Hall–Kier alpha value is -0.280. The van der Waals surface area contributed by atoms with Gasteiger partial charge in [-0.25, -0.2) is 0 Å². The maximum absolute atomic E-state index is 6.09. The van der Waals surface area contributed by atoms with E-state index in [1.807, 2.05) is 6.07 Å². The Labute approximate surface area is 98.2 Å². The van der Waals surface area contributed by atoms with Gasteiger partial charge in [0.1, 0.15) is 0 Å². The van der Waals surface area contributed by atoms with Crippen LogP contribution in [0, 0.1) is 0 Å². The van der Waals surface area contributed by atoms with Crippen LogP contribution in [0.5, 0.6) is 0 Å². The van der Waals surface area contributed by atoms with Crippen LogP contribution in [0.4, 0.5) is 5.69 Å². The van der Waals surface area contributed by atoms with Crippen LogP contribution in [0.1, 0.15) is 19.8 Å². The fourth-order valence-corrected chi connectivity index (χ4v) is 1.84. The number of pyridine rings is 1. The molecule has 4 heteroatoms. The number of alkyl halides is 1. The van der Waals surface area contributed by atoms with Gasteiger partial charge in [-0.15, -0.1) is 11.6 Å². The van der Waals surface area contributed by atoms with E-state index in [4.69, 9.17) is 11.6 Å². The molecule has 0 saturated carbocycles. The molecule has 0 aromatic carbocycles. The highest BCUT2D eigenvalue weighted by molar-refractivity contribution is 9.10. The molecule has 0 spiro atoms. The predicted molar refractivity (Wildman–Crippen MR) is 65.0 cm³/mol. The smallest absolute Gasteiger partial charge is 0.0590 e. The Morgan fingerprint density at radius 1 is 1.64 bits per heavy atom. The van der Waals surface area contributed by atoms with Crippen molar-refractivity contribution in [1.82, 2.24) is 4.98 Å². The van der Waals surface area contributed by atoms with Crippen molar-refractivity contribution in [3.8, 4) is 0 Å². The second-order valence-corrected chi connectivity index (χ2v) is 4.59. The third kappa shape index (κ3) is 3.84. The Bertz CT molecular complexity index is 281. The summed E-state index contributed by atoms with van der Waals surface area (Å²) in [5, 5.41) is 3.47. The first-order valence-electron chi connectivity index (χ1n) is 4.71. The van der Waals surface area contributed by atoms with Gasteiger partial charge in [0.05, 0.1) is 15.5 Å². The summed E-state index contributed by atoms with van der Waals surface area (Å²) in [6.45, 7) is 2.93. The van der Waals surface area contributed by atoms with Crippen molar-refractivity contribution in [2.45, 2.75) is 25.1 Å². The molecular formula is C10H14BrClN2. The van der Waals surface area contributed by atoms with E-state index in [1.165, 1.54) is 0 Å². The van der Waals surface area contributed by atoms with Gasteiger partial charge in [-0.2, -0.15) is 0 Å². The largest absolute Gasteiger partial charge is 0.383 e. The monoisotopic (exact) mass is 276 g/mol. The standard InChI is InChI=1S/C10H14BrClN2/c1-2-3-8(12)6-14-10-4-5-13-7-9(10)11/h4-5,7-8H,2-3,6H2,1H3,(H,13,14). The van der Waals surface area contributed by atoms with Crippen LogP contribution in [-0.4, -0.2) is 16.9 Å². The molecule has 0 saturated heterocycles. The Balaban J connectivity index is 2.41. The van der Waals surface area contributed by atoms with Gasteiger partial charge >= 0.3 is 0 Å². The topological polar surface area (TPSA) is 24.9 Å². The van der Waals surface area contributed by atoms with Gasteiger partial charge in [-0.05, 0) is 28.4 Å². The molecule has 0 aliphatic rings. The summed E-state index contributed by atoms with van der Waals surface area (Å²) in [5.41, 5.74) is 1.04. The number of rotatable bonds is 5. The zero-order valence-electron chi connectivity index (χ0n) is 8.13. The number of hydrogen-bond donors (Lipinski definition) is 1. The molecule has 0 aliphatic heterocycles. The van der Waals surface area contributed by atoms with Crippen LogP contribution >= 0.6 is 27.5 Å². The summed E-state index contributed by atoms with van der Waals surface area (Å²) < 4.78 is 0.973. The van der Waals surface area contributed by atoms with Crippen LogP contribution in [0.25, 0.3) is 0 Å². The minimum atomic E-state index is 0.195. The molecule has 2 nitrogen and oxygen atoms in total. The summed E-state index contributed by atoms with van der Waals surface area (Å²) in [7, 11) is 0. The summed E-state index contributed by atoms with van der Waals surface area (Å²) in [5.74, 6) is 0. The molecule has 1 rings (SSSR count). The quantitative estimate of drug-likeness (QED) is 0.831. The number of aromatic nitrogens is 1. The van der Waals surface area contributed by atoms with Crippen LogP contribution in [0.3, 0.4) is 0 Å². The fourth-order valence-electron chi connectivity index (χ4n) is 1.15. The van der Waals surface area contributed by atoms with Crippen LogP contribution < -0.4 is 5.32 Å². The molecule has 1 aromatic heterocycles. The number of nitrogens with one attached hydrogen (secondary N) is 1. The Morgan fingerprint density at radius 3 is 3.07 bits per heavy atom. The van der Waals surface area contributed by atoms with Crippen molar-refractivity contribution >= 4 is 33.2 Å². The van der Waals surface area contributed by atoms with Gasteiger partial charge in [0.15, 0.2) is 0 Å². The molecule has 0 fully saturated rings. The molecule has 0 bridgehead atoms. The molecule has 1 heterocycles. The van der Waals surface area contributed by atoms with E-state index in [-0.39, 0.29) is 5.38 Å². The molecule has 14 heavy (non-hydrogen) atoms. The van der Waals surface area contributed by atoms with Gasteiger partial charge in [0.2, 0.25) is 0 Å². The first kappa shape index (κ1) is 11.8. The Kier molecular flexibility index (Phi) is 5.26. The van der Waals surface area contributed by atoms with E-state index < -0.39 is 0 Å². The van der Waals surface area contributed by atoms with Crippen molar-refractivity contribution in [3.05, 3.63) is 22.9 Å². The van der Waals surface area contributed by atoms with E-state index in [0.29, 0.717) is 0 Å². The molecule has 1 unspecified atom stereocenters. The lowest BCUT2D eigenvalue weighted by atomic mass is 10.2. The summed E-state index contributed by atoms with van der Waals surface area (Å²) in [4.78, 5) is 3.99. The van der Waals surface area contributed by atoms with Crippen LogP contribution in [0.2, 0.25) is 0 Å². The number of nitrogens with zero attached hydrogens (tertiary/aromatic N) is 1. The number of halogens is 2. The average molecular weight is 278 g/mol. The van der Waals surface area contributed by atoms with Gasteiger partial charge in [-0.3, -0.25) is 4.98 Å². The summed E-state index contributed by atoms with van der Waals surface area (Å²) >= 11 is 9.51. The molecule has 0 aliphatic carbocycles. The van der Waals surface area contributed by atoms with Crippen LogP contribution in [0.15, 0.2) is 22.9 Å². The first-order valence-corrected chi connectivity index (χ1v) is 5.94. The van der Waals surface area contributed by atoms with E-state index >= 15 is 0 Å². The fraction of sp³-hybridized carbons (Fsp3) is 0.500. The second-order valence-electron chi connectivity index (χ2n) is 3.12. The van der Waals surface area contributed by atoms with E-state index in [1.54, 1.807) is 12.4 Å². The van der Waals surface area contributed by atoms with Gasteiger partial charge in [-0.1, -0.05) is 13.3 Å². The highest BCUT2D eigenvalue weighted by atomic mass is 79.9. The zero-order chi connectivity index (χ0) is 10.4. The third-order valence-electron chi connectivity index (χ3n) is 1.89. The number of anilines is 1. The molecule has 78 valence electrons. The van der Waals surface area contributed by atoms with Crippen molar-refractivity contribution in [2.75, 3.05) is 11.9 Å². The highest BCUT2D eigenvalue weighted by Crippen LogP contribution is 2.20. The molecule has 1 atom stereocenters. The van der Waals surface area contributed by atoms with E-state index in [9.17, 15) is 0 Å². The maximum Gasteiger partial charge on any atom is 0.0590 e. The summed E-state index contributed by atoms with van der Waals surface area (Å²) in [6, 6.07) is 1.93. The maximum atomic E-state index is 6.09. The molecule has 0 radical (unpaired) electrons. The van der Waals surface area contributed by atoms with Gasteiger partial charge < -0.3 is 5.32 Å². The normalized spacial score (nSPS) is 12.5. The van der Waals surface area contributed by atoms with Crippen molar-refractivity contribution in [3.63, 3.8) is 0 Å². The molecule has 0 amide bonds. The Morgan fingerprint density at radius 2 is 2.43 bits per heavy atom. The average Bonchev–Trinajstić information content (AvgIpc) is 2.17. The van der Waals surface area contributed by atoms with Gasteiger partial charge in [0, 0.05) is 18.9 Å². The molecular weight excluding hydrogens is 263 g/mol. The van der Waals surface area contributed by atoms with Crippen molar-refractivity contribution in [2.24, 2.45) is 0 Å². The molecule has 1 N–H and O–H groups in total. The van der Waals surface area contributed by atoms with E-state index in [2.05, 4.69) is 33.2 Å². The number of hydrogen-bond acceptors (Lipinski definition) is 2. The minimum Gasteiger partial charge on any atom is -0.383 e. The van der Waals surface area contributed by atoms with Gasteiger partial charge in [0.25, 0.3) is 0 Å². The first-order chi connectivity index (χ1) is 6.74. The highest BCUT2D eigenvalue weighted by Gasteiger charge is 2.04. The van der Waals surface area contributed by atoms with E-state index in [0.717, 1.165) is 29.5 Å². The summed E-state index contributed by atoms with van der Waals surface area (Å²) in [6.07, 6.45) is 5.69. The lowest BCUT2D eigenvalue weighted by Crippen LogP contribution is -2.14. The second kappa shape index (κ2) is 6.25. The zero-order valence-corrected chi connectivity index (χ0v) is 10.5. The van der Waals surface area contributed by atoms with Crippen molar-refractivity contribution in [1.29, 1.82) is 0 Å².